The topological polar surface area (TPSA) is 103 Å². The zero-order valence-corrected chi connectivity index (χ0v) is 23.0. The van der Waals surface area contributed by atoms with E-state index >= 15 is 0 Å². The predicted octanol–water partition coefficient (Wildman–Crippen LogP) is 4.61. The Balaban J connectivity index is 1.57. The van der Waals surface area contributed by atoms with Crippen molar-refractivity contribution in [2.75, 3.05) is 25.0 Å². The van der Waals surface area contributed by atoms with Gasteiger partial charge in [0, 0.05) is 29.7 Å². The number of hydrogen-bond donors (Lipinski definition) is 1. The average molecular weight is 537 g/mol. The van der Waals surface area contributed by atoms with Crippen LogP contribution in [0.1, 0.15) is 30.8 Å². The van der Waals surface area contributed by atoms with Gasteiger partial charge in [0.15, 0.2) is 16.7 Å². The van der Waals surface area contributed by atoms with E-state index in [-0.39, 0.29) is 36.8 Å². The van der Waals surface area contributed by atoms with E-state index in [0.29, 0.717) is 22.3 Å². The van der Waals surface area contributed by atoms with Gasteiger partial charge in [0.1, 0.15) is 11.8 Å². The van der Waals surface area contributed by atoms with Gasteiger partial charge >= 0.3 is 0 Å². The number of aryl methyl sites for hydroxylation is 2. The average Bonchev–Trinajstić information content (AvgIpc) is 3.34. The Morgan fingerprint density at radius 1 is 1.03 bits per heavy atom. The minimum Gasteiger partial charge on any atom is -0.497 e. The second-order valence-electron chi connectivity index (χ2n) is 9.34. The Morgan fingerprint density at radius 2 is 1.71 bits per heavy atom. The summed E-state index contributed by atoms with van der Waals surface area (Å²) in [6.07, 6.45) is 0. The molecule has 4 rings (SSSR count). The summed E-state index contributed by atoms with van der Waals surface area (Å²) in [5.41, 5.74) is 3.13. The highest BCUT2D eigenvalue weighted by atomic mass is 32.2. The number of anilines is 1. The lowest BCUT2D eigenvalue weighted by Crippen LogP contribution is -2.50. The number of aromatic nitrogens is 2. The van der Waals surface area contributed by atoms with Crippen molar-refractivity contribution in [1.29, 1.82) is 0 Å². The van der Waals surface area contributed by atoms with Gasteiger partial charge in [0.25, 0.3) is 0 Å². The van der Waals surface area contributed by atoms with E-state index < -0.39 is 6.04 Å². The Hall–Kier alpha value is -3.79. The van der Waals surface area contributed by atoms with Gasteiger partial charge in [-0.25, -0.2) is 9.97 Å². The molecule has 0 fully saturated rings. The van der Waals surface area contributed by atoms with Crippen LogP contribution < -0.4 is 19.5 Å². The molecule has 2 amide bonds. The Kier molecular flexibility index (Phi) is 8.73. The maximum atomic E-state index is 13.7. The number of nitrogens with one attached hydrogen (secondary N) is 1. The number of hydrogen-bond acceptors (Lipinski definition) is 8. The number of carbonyl (C=O) groups excluding carboxylic acids is 2. The van der Waals surface area contributed by atoms with Crippen LogP contribution in [0.2, 0.25) is 0 Å². The molecule has 1 aliphatic heterocycles. The predicted molar refractivity (Wildman–Crippen MR) is 146 cm³/mol. The van der Waals surface area contributed by atoms with E-state index in [4.69, 9.17) is 14.2 Å². The van der Waals surface area contributed by atoms with Crippen molar-refractivity contribution in [3.05, 3.63) is 65.5 Å². The van der Waals surface area contributed by atoms with Crippen LogP contribution in [0.5, 0.6) is 17.2 Å². The van der Waals surface area contributed by atoms with Gasteiger partial charge in [-0.05, 0) is 55.7 Å². The molecule has 0 aliphatic carbocycles. The van der Waals surface area contributed by atoms with Crippen molar-refractivity contribution in [2.45, 2.75) is 45.4 Å². The molecule has 2 aromatic carbocycles. The molecule has 10 heteroatoms. The molecule has 0 saturated carbocycles. The van der Waals surface area contributed by atoms with E-state index in [2.05, 4.69) is 15.3 Å². The van der Waals surface area contributed by atoms with Crippen LogP contribution in [0.25, 0.3) is 0 Å². The van der Waals surface area contributed by atoms with Crippen molar-refractivity contribution >= 4 is 29.3 Å². The first-order chi connectivity index (χ1) is 18.2. The SMILES string of the molecule is COc1ccc(CN(C(=O)CSc2nc(C)cc(C)n2)C(C(=O)Nc2ccc3c(c2)OCO3)C(C)C)cc1. The second kappa shape index (κ2) is 12.2. The lowest BCUT2D eigenvalue weighted by Gasteiger charge is -2.33. The summed E-state index contributed by atoms with van der Waals surface area (Å²) in [5.74, 6) is 1.38. The number of benzene rings is 2. The van der Waals surface area contributed by atoms with Gasteiger partial charge < -0.3 is 24.4 Å². The molecule has 0 spiro atoms. The standard InChI is InChI=1S/C28H32N4O5S/c1-17(2)26(27(34)31-21-8-11-23-24(13-21)37-16-36-23)32(14-20-6-9-22(35-5)10-7-20)25(33)15-38-28-29-18(3)12-19(4)30-28/h6-13,17,26H,14-16H2,1-5H3,(H,31,34). The van der Waals surface area contributed by atoms with Crippen LogP contribution in [0.15, 0.2) is 53.7 Å². The highest BCUT2D eigenvalue weighted by Gasteiger charge is 2.33. The number of rotatable bonds is 10. The summed E-state index contributed by atoms with van der Waals surface area (Å²) >= 11 is 1.26. The van der Waals surface area contributed by atoms with Gasteiger partial charge in [0.2, 0.25) is 18.6 Å². The number of carbonyl (C=O) groups is 2. The summed E-state index contributed by atoms with van der Waals surface area (Å²) < 4.78 is 16.1. The fraction of sp³-hybridized carbons (Fsp3) is 0.357. The summed E-state index contributed by atoms with van der Waals surface area (Å²) in [7, 11) is 1.60. The van der Waals surface area contributed by atoms with Crippen LogP contribution in [-0.4, -0.2) is 52.4 Å². The number of fused-ring (bicyclic) bond motifs is 1. The first kappa shape index (κ1) is 27.3. The maximum absolute atomic E-state index is 13.7. The third-order valence-electron chi connectivity index (χ3n) is 5.99. The Bertz CT molecular complexity index is 1280. The first-order valence-corrected chi connectivity index (χ1v) is 13.3. The van der Waals surface area contributed by atoms with Crippen LogP contribution in [0.3, 0.4) is 0 Å². The smallest absolute Gasteiger partial charge is 0.247 e. The number of amides is 2. The second-order valence-corrected chi connectivity index (χ2v) is 10.3. The molecular formula is C28H32N4O5S. The van der Waals surface area contributed by atoms with Crippen LogP contribution in [-0.2, 0) is 16.1 Å². The van der Waals surface area contributed by atoms with E-state index in [1.54, 1.807) is 30.2 Å². The summed E-state index contributed by atoms with van der Waals surface area (Å²) in [6, 6.07) is 13.9. The lowest BCUT2D eigenvalue weighted by molar-refractivity contribution is -0.138. The van der Waals surface area contributed by atoms with Crippen LogP contribution in [0.4, 0.5) is 5.69 Å². The van der Waals surface area contributed by atoms with Crippen molar-refractivity contribution in [3.8, 4) is 17.2 Å². The molecule has 9 nitrogen and oxygen atoms in total. The Labute approximate surface area is 226 Å². The third-order valence-corrected chi connectivity index (χ3v) is 6.83. The van der Waals surface area contributed by atoms with E-state index in [1.165, 1.54) is 11.8 Å². The zero-order chi connectivity index (χ0) is 27.2. The van der Waals surface area contributed by atoms with Gasteiger partial charge in [-0.3, -0.25) is 9.59 Å². The normalized spacial score (nSPS) is 12.8. The van der Waals surface area contributed by atoms with Gasteiger partial charge in [0.05, 0.1) is 12.9 Å². The van der Waals surface area contributed by atoms with E-state index in [0.717, 1.165) is 22.7 Å². The molecule has 1 aliphatic rings. The van der Waals surface area contributed by atoms with Crippen LogP contribution in [0, 0.1) is 19.8 Å². The molecular weight excluding hydrogens is 504 g/mol. The molecule has 38 heavy (non-hydrogen) atoms. The molecule has 1 atom stereocenters. The molecule has 1 N–H and O–H groups in total. The molecule has 3 aromatic rings. The van der Waals surface area contributed by atoms with Gasteiger partial charge in [-0.2, -0.15) is 0 Å². The van der Waals surface area contributed by atoms with E-state index in [9.17, 15) is 9.59 Å². The zero-order valence-electron chi connectivity index (χ0n) is 22.2. The highest BCUT2D eigenvalue weighted by molar-refractivity contribution is 7.99. The molecule has 0 radical (unpaired) electrons. The summed E-state index contributed by atoms with van der Waals surface area (Å²) in [4.78, 5) is 37.8. The Morgan fingerprint density at radius 3 is 2.37 bits per heavy atom. The quantitative estimate of drug-likeness (QED) is 0.296. The largest absolute Gasteiger partial charge is 0.497 e. The lowest BCUT2D eigenvalue weighted by atomic mass is 10.00. The minimum absolute atomic E-state index is 0.0968. The van der Waals surface area contributed by atoms with Crippen molar-refractivity contribution < 1.29 is 23.8 Å². The first-order valence-electron chi connectivity index (χ1n) is 12.3. The fourth-order valence-corrected chi connectivity index (χ4v) is 5.07. The maximum Gasteiger partial charge on any atom is 0.247 e. The molecule has 0 bridgehead atoms. The van der Waals surface area contributed by atoms with Crippen LogP contribution >= 0.6 is 11.8 Å². The third kappa shape index (κ3) is 6.74. The highest BCUT2D eigenvalue weighted by Crippen LogP contribution is 2.34. The van der Waals surface area contributed by atoms with Crippen molar-refractivity contribution in [3.63, 3.8) is 0 Å². The molecule has 0 saturated heterocycles. The summed E-state index contributed by atoms with van der Waals surface area (Å²) in [6.45, 7) is 8.05. The van der Waals surface area contributed by atoms with Gasteiger partial charge in [-0.15, -0.1) is 0 Å². The monoisotopic (exact) mass is 536 g/mol. The number of thioether (sulfide) groups is 1. The molecule has 200 valence electrons. The molecule has 1 unspecified atom stereocenters. The summed E-state index contributed by atoms with van der Waals surface area (Å²) in [5, 5.41) is 3.49. The number of nitrogens with zero attached hydrogens (tertiary/aromatic N) is 3. The number of methoxy groups -OCH3 is 1. The number of ether oxygens (including phenoxy) is 3. The molecule has 2 heterocycles. The minimum atomic E-state index is -0.726. The van der Waals surface area contributed by atoms with Crippen molar-refractivity contribution in [1.82, 2.24) is 14.9 Å². The van der Waals surface area contributed by atoms with Gasteiger partial charge in [-0.1, -0.05) is 37.7 Å². The fourth-order valence-electron chi connectivity index (χ4n) is 4.23. The van der Waals surface area contributed by atoms with E-state index in [1.807, 2.05) is 58.0 Å². The van der Waals surface area contributed by atoms with Crippen molar-refractivity contribution in [2.24, 2.45) is 5.92 Å². The molecule has 1 aromatic heterocycles.